The van der Waals surface area contributed by atoms with Gasteiger partial charge in [-0.3, -0.25) is 19.7 Å². The Bertz CT molecular complexity index is 1010. The zero-order valence-corrected chi connectivity index (χ0v) is 16.9. The van der Waals surface area contributed by atoms with Crippen molar-refractivity contribution in [3.63, 3.8) is 0 Å². The minimum Gasteiger partial charge on any atom is -0.378 e. The molecule has 0 radical (unpaired) electrons. The average molecular weight is 450 g/mol. The van der Waals surface area contributed by atoms with Gasteiger partial charge in [0.15, 0.2) is 0 Å². The topological polar surface area (TPSA) is 105 Å². The van der Waals surface area contributed by atoms with Crippen molar-refractivity contribution in [1.29, 1.82) is 0 Å². The first-order chi connectivity index (χ1) is 15.1. The summed E-state index contributed by atoms with van der Waals surface area (Å²) >= 11 is 0. The molecule has 1 unspecified atom stereocenters. The van der Waals surface area contributed by atoms with Crippen LogP contribution in [0.5, 0.6) is 0 Å². The number of alkyl halides is 3. The maximum atomic E-state index is 12.9. The van der Waals surface area contributed by atoms with E-state index in [9.17, 15) is 32.9 Å². The van der Waals surface area contributed by atoms with Crippen LogP contribution in [0.4, 0.5) is 24.5 Å². The van der Waals surface area contributed by atoms with Gasteiger partial charge in [-0.25, -0.2) is 0 Å². The number of nitrogens with one attached hydrogen (secondary N) is 2. The number of carbonyl (C=O) groups is 2. The Labute approximate surface area is 181 Å². The number of hydrogen-bond acceptors (Lipinski definition) is 5. The highest BCUT2D eigenvalue weighted by atomic mass is 19.4. The number of nitro benzene ring substituents is 1. The quantitative estimate of drug-likeness (QED) is 0.365. The lowest BCUT2D eigenvalue weighted by molar-refractivity contribution is -0.384. The van der Waals surface area contributed by atoms with Crippen molar-refractivity contribution in [2.45, 2.75) is 19.1 Å². The van der Waals surface area contributed by atoms with Crippen LogP contribution in [0.25, 0.3) is 0 Å². The number of rotatable bonds is 8. The molecule has 1 atom stereocenters. The van der Waals surface area contributed by atoms with E-state index in [1.165, 1.54) is 23.1 Å². The van der Waals surface area contributed by atoms with E-state index in [1.54, 1.807) is 18.2 Å². The van der Waals surface area contributed by atoms with Gasteiger partial charge in [0.25, 0.3) is 5.69 Å². The molecule has 2 amide bonds. The van der Waals surface area contributed by atoms with E-state index >= 15 is 0 Å². The van der Waals surface area contributed by atoms with Crippen molar-refractivity contribution in [2.24, 2.45) is 5.92 Å². The van der Waals surface area contributed by atoms with Crippen LogP contribution in [0, 0.1) is 16.0 Å². The summed E-state index contributed by atoms with van der Waals surface area (Å²) in [7, 11) is 0. The number of hydrogen-bond donors (Lipinski definition) is 2. The zero-order valence-electron chi connectivity index (χ0n) is 16.9. The highest BCUT2D eigenvalue weighted by Crippen LogP contribution is 2.30. The number of para-hydroxylation sites is 2. The summed E-state index contributed by atoms with van der Waals surface area (Å²) in [5.74, 6) is -1.27. The summed E-state index contributed by atoms with van der Waals surface area (Å²) in [6.07, 6.45) is -4.50. The van der Waals surface area contributed by atoms with Gasteiger partial charge in [-0.05, 0) is 23.8 Å². The molecule has 2 N–H and O–H groups in total. The lowest BCUT2D eigenvalue weighted by atomic mass is 10.1. The number of halogens is 3. The summed E-state index contributed by atoms with van der Waals surface area (Å²) in [6.45, 7) is 0.526. The largest absolute Gasteiger partial charge is 0.416 e. The maximum Gasteiger partial charge on any atom is 0.416 e. The van der Waals surface area contributed by atoms with Gasteiger partial charge in [0, 0.05) is 38.7 Å². The van der Waals surface area contributed by atoms with E-state index in [-0.39, 0.29) is 50.1 Å². The molecule has 11 heteroatoms. The molecule has 2 aromatic carbocycles. The number of nitro groups is 1. The molecule has 0 aliphatic carbocycles. The summed E-state index contributed by atoms with van der Waals surface area (Å²) in [4.78, 5) is 36.5. The monoisotopic (exact) mass is 450 g/mol. The Morgan fingerprint density at radius 1 is 1.16 bits per heavy atom. The molecule has 0 spiro atoms. The Balaban J connectivity index is 1.49. The fraction of sp³-hybridized carbons (Fsp3) is 0.333. The van der Waals surface area contributed by atoms with Gasteiger partial charge in [0.2, 0.25) is 11.8 Å². The normalized spacial score (nSPS) is 16.2. The first-order valence-corrected chi connectivity index (χ1v) is 9.84. The highest BCUT2D eigenvalue weighted by Gasteiger charge is 2.35. The molecule has 1 aliphatic heterocycles. The smallest absolute Gasteiger partial charge is 0.378 e. The standard InChI is InChI=1S/C21H21F3N4O4/c22-21(23,24)16-5-3-4-14(10-16)12-27-13-15(11-19(27)29)20(30)26-9-8-25-17-6-1-2-7-18(17)28(31)32/h1-7,10,15,25H,8-9,11-13H2,(H,26,30). The van der Waals surface area contributed by atoms with Gasteiger partial charge in [0.1, 0.15) is 5.69 Å². The minimum atomic E-state index is -4.47. The number of nitrogens with zero attached hydrogens (tertiary/aromatic N) is 2. The van der Waals surface area contributed by atoms with Crippen molar-refractivity contribution in [3.05, 3.63) is 69.8 Å². The molecule has 170 valence electrons. The van der Waals surface area contributed by atoms with Gasteiger partial charge in [-0.1, -0.05) is 24.3 Å². The van der Waals surface area contributed by atoms with Gasteiger partial charge in [0.05, 0.1) is 16.4 Å². The van der Waals surface area contributed by atoms with Crippen molar-refractivity contribution in [3.8, 4) is 0 Å². The van der Waals surface area contributed by atoms with Crippen LogP contribution in [-0.2, 0) is 22.3 Å². The summed E-state index contributed by atoms with van der Waals surface area (Å²) in [6, 6.07) is 10.9. The number of benzene rings is 2. The molecule has 1 heterocycles. The second-order valence-electron chi connectivity index (χ2n) is 7.37. The van der Waals surface area contributed by atoms with Gasteiger partial charge < -0.3 is 15.5 Å². The minimum absolute atomic E-state index is 0.00817. The second kappa shape index (κ2) is 9.67. The molecule has 0 bridgehead atoms. The molecule has 0 saturated carbocycles. The third-order valence-corrected chi connectivity index (χ3v) is 5.05. The molecule has 1 saturated heterocycles. The fourth-order valence-corrected chi connectivity index (χ4v) is 3.48. The Morgan fingerprint density at radius 2 is 1.91 bits per heavy atom. The third kappa shape index (κ3) is 5.74. The van der Waals surface area contributed by atoms with Crippen molar-refractivity contribution >= 4 is 23.2 Å². The van der Waals surface area contributed by atoms with E-state index in [1.807, 2.05) is 0 Å². The van der Waals surface area contributed by atoms with Crippen molar-refractivity contribution in [2.75, 3.05) is 25.0 Å². The average Bonchev–Trinajstić information content (AvgIpc) is 3.11. The highest BCUT2D eigenvalue weighted by molar-refractivity contribution is 5.89. The third-order valence-electron chi connectivity index (χ3n) is 5.05. The van der Waals surface area contributed by atoms with Gasteiger partial charge in [-0.2, -0.15) is 13.2 Å². The molecule has 1 aliphatic rings. The Hall–Kier alpha value is -3.63. The van der Waals surface area contributed by atoms with Crippen LogP contribution >= 0.6 is 0 Å². The number of anilines is 1. The number of likely N-dealkylation sites (tertiary alicyclic amines) is 1. The van der Waals surface area contributed by atoms with E-state index < -0.39 is 22.6 Å². The van der Waals surface area contributed by atoms with Gasteiger partial charge >= 0.3 is 6.18 Å². The predicted molar refractivity (Wildman–Crippen MR) is 110 cm³/mol. The van der Waals surface area contributed by atoms with Crippen LogP contribution < -0.4 is 10.6 Å². The Kier molecular flexibility index (Phi) is 6.96. The molecule has 32 heavy (non-hydrogen) atoms. The van der Waals surface area contributed by atoms with E-state index in [4.69, 9.17) is 0 Å². The predicted octanol–water partition coefficient (Wildman–Crippen LogP) is 3.19. The first kappa shape index (κ1) is 23.0. The van der Waals surface area contributed by atoms with E-state index in [0.717, 1.165) is 12.1 Å². The molecule has 1 fully saturated rings. The summed E-state index contributed by atoms with van der Waals surface area (Å²) in [5, 5.41) is 16.6. The van der Waals surface area contributed by atoms with Crippen LogP contribution in [-0.4, -0.2) is 41.3 Å². The second-order valence-corrected chi connectivity index (χ2v) is 7.37. The van der Waals surface area contributed by atoms with Gasteiger partial charge in [-0.15, -0.1) is 0 Å². The summed E-state index contributed by atoms with van der Waals surface area (Å²) < 4.78 is 38.6. The molecule has 8 nitrogen and oxygen atoms in total. The van der Waals surface area contributed by atoms with Crippen LogP contribution in [0.3, 0.4) is 0 Å². The Morgan fingerprint density at radius 3 is 2.62 bits per heavy atom. The summed E-state index contributed by atoms with van der Waals surface area (Å²) in [5.41, 5.74) is -0.203. The maximum absolute atomic E-state index is 12.9. The van der Waals surface area contributed by atoms with Crippen molar-refractivity contribution in [1.82, 2.24) is 10.2 Å². The fourth-order valence-electron chi connectivity index (χ4n) is 3.48. The lowest BCUT2D eigenvalue weighted by Crippen LogP contribution is -2.35. The molecule has 2 aromatic rings. The van der Waals surface area contributed by atoms with E-state index in [2.05, 4.69) is 10.6 Å². The first-order valence-electron chi connectivity index (χ1n) is 9.84. The van der Waals surface area contributed by atoms with Crippen molar-refractivity contribution < 1.29 is 27.7 Å². The molecule has 0 aromatic heterocycles. The van der Waals surface area contributed by atoms with Crippen LogP contribution in [0.1, 0.15) is 17.5 Å². The van der Waals surface area contributed by atoms with Crippen LogP contribution in [0.15, 0.2) is 48.5 Å². The number of carbonyl (C=O) groups excluding carboxylic acids is 2. The SMILES string of the molecule is O=C(NCCNc1ccccc1[N+](=O)[O-])C1CC(=O)N(Cc2cccc(C(F)(F)F)c2)C1. The molecular formula is C21H21F3N4O4. The van der Waals surface area contributed by atoms with E-state index in [0.29, 0.717) is 11.3 Å². The van der Waals surface area contributed by atoms with Crippen LogP contribution in [0.2, 0.25) is 0 Å². The molecule has 3 rings (SSSR count). The lowest BCUT2D eigenvalue weighted by Gasteiger charge is -2.18. The number of amides is 2. The zero-order chi connectivity index (χ0) is 23.3. The molecular weight excluding hydrogens is 429 g/mol.